The van der Waals surface area contributed by atoms with E-state index in [2.05, 4.69) is 5.32 Å². The SMILES string of the molecule is COc1ccc(N(CC(=O)Nc2cc(Cl)ccc2C)S(C)(=O)=O)cc1. The summed E-state index contributed by atoms with van der Waals surface area (Å²) < 4.78 is 30.3. The predicted octanol–water partition coefficient (Wildman–Crippen LogP) is 3.06. The topological polar surface area (TPSA) is 75.7 Å². The molecule has 0 atom stereocenters. The number of amides is 1. The van der Waals surface area contributed by atoms with Gasteiger partial charge in [-0.25, -0.2) is 8.42 Å². The molecule has 1 amide bonds. The van der Waals surface area contributed by atoms with Gasteiger partial charge >= 0.3 is 0 Å². The molecule has 0 aromatic heterocycles. The maximum absolute atomic E-state index is 12.3. The highest BCUT2D eigenvalue weighted by Gasteiger charge is 2.21. The van der Waals surface area contributed by atoms with E-state index in [1.165, 1.54) is 7.11 Å². The molecule has 0 aliphatic rings. The summed E-state index contributed by atoms with van der Waals surface area (Å²) in [5.74, 6) is 0.128. The molecule has 134 valence electrons. The van der Waals surface area contributed by atoms with E-state index in [9.17, 15) is 13.2 Å². The molecule has 0 unspecified atom stereocenters. The van der Waals surface area contributed by atoms with Crippen LogP contribution in [0, 0.1) is 6.92 Å². The molecule has 0 spiro atoms. The van der Waals surface area contributed by atoms with Gasteiger partial charge in [0.05, 0.1) is 19.1 Å². The third-order valence-corrected chi connectivity index (χ3v) is 4.90. The molecule has 1 N–H and O–H groups in total. The second kappa shape index (κ2) is 7.76. The molecular weight excluding hydrogens is 364 g/mol. The number of methoxy groups -OCH3 is 1. The summed E-state index contributed by atoms with van der Waals surface area (Å²) in [7, 11) is -2.12. The van der Waals surface area contributed by atoms with Crippen molar-refractivity contribution >= 4 is 38.9 Å². The average molecular weight is 383 g/mol. The summed E-state index contributed by atoms with van der Waals surface area (Å²) in [6.07, 6.45) is 1.05. The Balaban J connectivity index is 2.22. The van der Waals surface area contributed by atoms with Crippen molar-refractivity contribution < 1.29 is 17.9 Å². The number of sulfonamides is 1. The molecule has 2 rings (SSSR count). The van der Waals surface area contributed by atoms with Crippen LogP contribution in [-0.4, -0.2) is 34.2 Å². The van der Waals surface area contributed by atoms with Crippen molar-refractivity contribution in [2.24, 2.45) is 0 Å². The lowest BCUT2D eigenvalue weighted by molar-refractivity contribution is -0.114. The number of rotatable bonds is 6. The number of hydrogen-bond acceptors (Lipinski definition) is 4. The minimum atomic E-state index is -3.64. The first kappa shape index (κ1) is 19.1. The third-order valence-electron chi connectivity index (χ3n) is 3.52. The largest absolute Gasteiger partial charge is 0.497 e. The minimum Gasteiger partial charge on any atom is -0.497 e. The van der Waals surface area contributed by atoms with Gasteiger partial charge < -0.3 is 10.1 Å². The van der Waals surface area contributed by atoms with Crippen LogP contribution < -0.4 is 14.4 Å². The summed E-state index contributed by atoms with van der Waals surface area (Å²) in [4.78, 5) is 12.3. The first-order valence-corrected chi connectivity index (χ1v) is 9.61. The Hall–Kier alpha value is -2.25. The number of hydrogen-bond donors (Lipinski definition) is 1. The van der Waals surface area contributed by atoms with Gasteiger partial charge in [-0.2, -0.15) is 0 Å². The van der Waals surface area contributed by atoms with Crippen LogP contribution in [0.25, 0.3) is 0 Å². The zero-order valence-electron chi connectivity index (χ0n) is 14.1. The van der Waals surface area contributed by atoms with Crippen molar-refractivity contribution in [3.8, 4) is 5.75 Å². The predicted molar refractivity (Wildman–Crippen MR) is 100 cm³/mol. The third kappa shape index (κ3) is 5.11. The summed E-state index contributed by atoms with van der Waals surface area (Å²) in [5.41, 5.74) is 1.75. The van der Waals surface area contributed by atoms with E-state index in [-0.39, 0.29) is 6.54 Å². The van der Waals surface area contributed by atoms with Gasteiger partial charge in [0.15, 0.2) is 0 Å². The van der Waals surface area contributed by atoms with Crippen molar-refractivity contribution in [1.82, 2.24) is 0 Å². The van der Waals surface area contributed by atoms with E-state index in [0.29, 0.717) is 22.1 Å². The molecular formula is C17H19ClN2O4S. The number of carbonyl (C=O) groups is 1. The van der Waals surface area contributed by atoms with E-state index in [1.807, 2.05) is 6.92 Å². The lowest BCUT2D eigenvalue weighted by Gasteiger charge is -2.22. The Kier molecular flexibility index (Phi) is 5.92. The average Bonchev–Trinajstić information content (AvgIpc) is 2.55. The van der Waals surface area contributed by atoms with Crippen molar-refractivity contribution in [2.45, 2.75) is 6.92 Å². The number of benzene rings is 2. The van der Waals surface area contributed by atoms with E-state index in [0.717, 1.165) is 16.1 Å². The molecule has 0 fully saturated rings. The quantitative estimate of drug-likeness (QED) is 0.833. The van der Waals surface area contributed by atoms with Gasteiger partial charge in [0, 0.05) is 10.7 Å². The van der Waals surface area contributed by atoms with Crippen molar-refractivity contribution in [3.63, 3.8) is 0 Å². The second-order valence-electron chi connectivity index (χ2n) is 5.48. The molecule has 8 heteroatoms. The molecule has 0 aliphatic heterocycles. The Labute approximate surface area is 152 Å². The summed E-state index contributed by atoms with van der Waals surface area (Å²) in [6.45, 7) is 1.47. The minimum absolute atomic E-state index is 0.350. The Bertz CT molecular complexity index is 867. The van der Waals surface area contributed by atoms with Crippen LogP contribution in [0.1, 0.15) is 5.56 Å². The fourth-order valence-electron chi connectivity index (χ4n) is 2.20. The van der Waals surface area contributed by atoms with E-state index in [1.54, 1.807) is 42.5 Å². The molecule has 6 nitrogen and oxygen atoms in total. The van der Waals surface area contributed by atoms with Gasteiger partial charge in [-0.15, -0.1) is 0 Å². The van der Waals surface area contributed by atoms with Crippen LogP contribution in [0.4, 0.5) is 11.4 Å². The molecule has 25 heavy (non-hydrogen) atoms. The second-order valence-corrected chi connectivity index (χ2v) is 7.82. The van der Waals surface area contributed by atoms with Gasteiger partial charge in [0.2, 0.25) is 15.9 Å². The Morgan fingerprint density at radius 3 is 2.40 bits per heavy atom. The molecule has 0 saturated carbocycles. The molecule has 0 bridgehead atoms. The van der Waals surface area contributed by atoms with Crippen LogP contribution in [0.3, 0.4) is 0 Å². The fourth-order valence-corrected chi connectivity index (χ4v) is 3.23. The van der Waals surface area contributed by atoms with Gasteiger partial charge in [-0.05, 0) is 48.9 Å². The first-order chi connectivity index (χ1) is 11.7. The number of carbonyl (C=O) groups excluding carboxylic acids is 1. The van der Waals surface area contributed by atoms with Crippen LogP contribution >= 0.6 is 11.6 Å². The molecule has 2 aromatic carbocycles. The van der Waals surface area contributed by atoms with Crippen molar-refractivity contribution in [2.75, 3.05) is 29.5 Å². The Morgan fingerprint density at radius 1 is 1.20 bits per heavy atom. The summed E-state index contributed by atoms with van der Waals surface area (Å²) >= 11 is 5.93. The standard InChI is InChI=1S/C17H19ClN2O4S/c1-12-4-5-13(18)10-16(12)19-17(21)11-20(25(3,22)23)14-6-8-15(24-2)9-7-14/h4-10H,11H2,1-3H3,(H,19,21). The number of nitrogens with zero attached hydrogens (tertiary/aromatic N) is 1. The maximum Gasteiger partial charge on any atom is 0.245 e. The monoisotopic (exact) mass is 382 g/mol. The van der Waals surface area contributed by atoms with Crippen LogP contribution in [0.15, 0.2) is 42.5 Å². The lowest BCUT2D eigenvalue weighted by Crippen LogP contribution is -2.37. The van der Waals surface area contributed by atoms with Gasteiger partial charge in [0.1, 0.15) is 12.3 Å². The Morgan fingerprint density at radius 2 is 1.84 bits per heavy atom. The van der Waals surface area contributed by atoms with E-state index < -0.39 is 15.9 Å². The molecule has 0 saturated heterocycles. The highest BCUT2D eigenvalue weighted by Crippen LogP contribution is 2.23. The highest BCUT2D eigenvalue weighted by molar-refractivity contribution is 7.92. The highest BCUT2D eigenvalue weighted by atomic mass is 35.5. The number of anilines is 2. The number of halogens is 1. The molecule has 0 radical (unpaired) electrons. The normalized spacial score (nSPS) is 11.0. The van der Waals surface area contributed by atoms with Crippen molar-refractivity contribution in [3.05, 3.63) is 53.1 Å². The number of aryl methyl sites for hydroxylation is 1. The molecule has 2 aromatic rings. The number of ether oxygens (including phenoxy) is 1. The van der Waals surface area contributed by atoms with Crippen LogP contribution in [-0.2, 0) is 14.8 Å². The van der Waals surface area contributed by atoms with Gasteiger partial charge in [-0.3, -0.25) is 9.10 Å². The molecule has 0 heterocycles. The van der Waals surface area contributed by atoms with Crippen LogP contribution in [0.2, 0.25) is 5.02 Å². The number of nitrogens with one attached hydrogen (secondary N) is 1. The van der Waals surface area contributed by atoms with Crippen molar-refractivity contribution in [1.29, 1.82) is 0 Å². The smallest absolute Gasteiger partial charge is 0.245 e. The van der Waals surface area contributed by atoms with Gasteiger partial charge in [0.25, 0.3) is 0 Å². The lowest BCUT2D eigenvalue weighted by atomic mass is 10.2. The summed E-state index contributed by atoms with van der Waals surface area (Å²) in [6, 6.07) is 11.5. The summed E-state index contributed by atoms with van der Waals surface area (Å²) in [5, 5.41) is 3.17. The fraction of sp³-hybridized carbons (Fsp3) is 0.235. The van der Waals surface area contributed by atoms with Crippen LogP contribution in [0.5, 0.6) is 5.75 Å². The maximum atomic E-state index is 12.3. The zero-order valence-corrected chi connectivity index (χ0v) is 15.7. The van der Waals surface area contributed by atoms with E-state index >= 15 is 0 Å². The first-order valence-electron chi connectivity index (χ1n) is 7.38. The van der Waals surface area contributed by atoms with E-state index in [4.69, 9.17) is 16.3 Å². The molecule has 0 aliphatic carbocycles. The zero-order chi connectivity index (χ0) is 18.6. The van der Waals surface area contributed by atoms with Gasteiger partial charge in [-0.1, -0.05) is 17.7 Å².